The van der Waals surface area contributed by atoms with E-state index >= 15 is 0 Å². The topological polar surface area (TPSA) is 76.4 Å². The maximum absolute atomic E-state index is 12.9. The monoisotopic (exact) mass is 364 g/mol. The molecule has 26 heavy (non-hydrogen) atoms. The Labute approximate surface area is 151 Å². The molecule has 0 atom stereocenters. The predicted octanol–water partition coefficient (Wildman–Crippen LogP) is 3.51. The third-order valence-corrected chi connectivity index (χ3v) is 5.37. The first-order valence-corrected chi connectivity index (χ1v) is 9.51. The van der Waals surface area contributed by atoms with E-state index in [0.29, 0.717) is 17.3 Å². The zero-order valence-corrected chi connectivity index (χ0v) is 14.8. The Bertz CT molecular complexity index is 1170. The second kappa shape index (κ2) is 6.27. The predicted molar refractivity (Wildman–Crippen MR) is 100 cm³/mol. The Morgan fingerprint density at radius 2 is 1.69 bits per heavy atom. The first kappa shape index (κ1) is 16.3. The van der Waals surface area contributed by atoms with Crippen LogP contribution in [0.4, 0.5) is 5.82 Å². The van der Waals surface area contributed by atoms with Crippen LogP contribution in [0, 0.1) is 6.92 Å². The number of aromatic nitrogens is 3. The first-order valence-electron chi connectivity index (χ1n) is 8.02. The lowest BCUT2D eigenvalue weighted by molar-refractivity contribution is 0.601. The fourth-order valence-electron chi connectivity index (χ4n) is 2.69. The van der Waals surface area contributed by atoms with Gasteiger partial charge in [-0.25, -0.2) is 18.4 Å². The van der Waals surface area contributed by atoms with Gasteiger partial charge < -0.3 is 0 Å². The third kappa shape index (κ3) is 2.93. The van der Waals surface area contributed by atoms with Crippen molar-refractivity contribution in [2.24, 2.45) is 0 Å². The number of hydrogen-bond acceptors (Lipinski definition) is 4. The Hall–Kier alpha value is -3.19. The van der Waals surface area contributed by atoms with Crippen molar-refractivity contribution in [2.75, 3.05) is 4.72 Å². The van der Waals surface area contributed by atoms with E-state index < -0.39 is 10.0 Å². The van der Waals surface area contributed by atoms with Crippen molar-refractivity contribution in [1.29, 1.82) is 0 Å². The Kier molecular flexibility index (Phi) is 3.93. The normalized spacial score (nSPS) is 11.6. The van der Waals surface area contributed by atoms with Gasteiger partial charge in [0.15, 0.2) is 5.82 Å². The van der Waals surface area contributed by atoms with Crippen molar-refractivity contribution < 1.29 is 8.42 Å². The number of aryl methyl sites for hydroxylation is 1. The van der Waals surface area contributed by atoms with Gasteiger partial charge in [-0.2, -0.15) is 0 Å². The Morgan fingerprint density at radius 3 is 2.42 bits per heavy atom. The fourth-order valence-corrected chi connectivity index (χ4v) is 3.75. The van der Waals surface area contributed by atoms with Gasteiger partial charge >= 0.3 is 0 Å². The molecule has 0 fully saturated rings. The van der Waals surface area contributed by atoms with Gasteiger partial charge in [-0.05, 0) is 25.1 Å². The van der Waals surface area contributed by atoms with E-state index in [4.69, 9.17) is 0 Å². The molecular formula is C19H16N4O2S. The number of imidazole rings is 1. The van der Waals surface area contributed by atoms with Crippen molar-refractivity contribution >= 4 is 21.6 Å². The molecule has 2 heterocycles. The summed E-state index contributed by atoms with van der Waals surface area (Å²) in [6, 6.07) is 17.8. The molecule has 2 aromatic heterocycles. The highest BCUT2D eigenvalue weighted by Gasteiger charge is 2.21. The number of benzene rings is 2. The number of rotatable bonds is 4. The molecule has 6 nitrogen and oxygen atoms in total. The summed E-state index contributed by atoms with van der Waals surface area (Å²) in [4.78, 5) is 8.91. The van der Waals surface area contributed by atoms with Gasteiger partial charge in [-0.15, -0.1) is 0 Å². The quantitative estimate of drug-likeness (QED) is 0.601. The van der Waals surface area contributed by atoms with Crippen molar-refractivity contribution in [3.63, 3.8) is 0 Å². The van der Waals surface area contributed by atoms with Crippen LogP contribution in [0.1, 0.15) is 5.56 Å². The standard InChI is InChI=1S/C19H16N4O2S/c1-14-8-10-16(11-9-14)26(24,25)22-18-17(15-6-3-2-4-7-15)21-19-20-12-5-13-23(18)19/h2-13,22H,1H3. The molecule has 2 aromatic carbocycles. The molecule has 0 aliphatic heterocycles. The SMILES string of the molecule is Cc1ccc(S(=O)(=O)Nc2c(-c3ccccc3)nc3ncccn23)cc1. The van der Waals surface area contributed by atoms with Crippen LogP contribution in [0.5, 0.6) is 0 Å². The Morgan fingerprint density at radius 1 is 0.962 bits per heavy atom. The van der Waals surface area contributed by atoms with E-state index in [1.807, 2.05) is 37.3 Å². The molecule has 0 bridgehead atoms. The second-order valence-electron chi connectivity index (χ2n) is 5.88. The lowest BCUT2D eigenvalue weighted by Gasteiger charge is -2.10. The molecule has 130 valence electrons. The summed E-state index contributed by atoms with van der Waals surface area (Å²) in [5.74, 6) is 0.785. The van der Waals surface area contributed by atoms with Gasteiger partial charge in [0.2, 0.25) is 5.78 Å². The van der Waals surface area contributed by atoms with Crippen LogP contribution >= 0.6 is 0 Å². The van der Waals surface area contributed by atoms with Gasteiger partial charge in [0, 0.05) is 18.0 Å². The molecule has 0 amide bonds. The summed E-state index contributed by atoms with van der Waals surface area (Å²) in [6.45, 7) is 1.91. The summed E-state index contributed by atoms with van der Waals surface area (Å²) >= 11 is 0. The highest BCUT2D eigenvalue weighted by molar-refractivity contribution is 7.92. The maximum atomic E-state index is 12.9. The Balaban J connectivity index is 1.86. The highest BCUT2D eigenvalue weighted by Crippen LogP contribution is 2.29. The summed E-state index contributed by atoms with van der Waals surface area (Å²) < 4.78 is 30.0. The largest absolute Gasteiger partial charge is 0.269 e. The van der Waals surface area contributed by atoms with Crippen molar-refractivity contribution in [1.82, 2.24) is 14.4 Å². The molecule has 0 radical (unpaired) electrons. The first-order chi connectivity index (χ1) is 12.5. The minimum Gasteiger partial charge on any atom is -0.269 e. The zero-order valence-electron chi connectivity index (χ0n) is 14.0. The van der Waals surface area contributed by atoms with Crippen molar-refractivity contribution in [2.45, 2.75) is 11.8 Å². The summed E-state index contributed by atoms with van der Waals surface area (Å²) in [6.07, 6.45) is 3.35. The van der Waals surface area contributed by atoms with E-state index in [0.717, 1.165) is 11.1 Å². The third-order valence-electron chi connectivity index (χ3n) is 4.01. The molecule has 0 saturated carbocycles. The molecular weight excluding hydrogens is 348 g/mol. The fraction of sp³-hybridized carbons (Fsp3) is 0.0526. The van der Waals surface area contributed by atoms with E-state index in [2.05, 4.69) is 14.7 Å². The van der Waals surface area contributed by atoms with Crippen molar-refractivity contribution in [3.8, 4) is 11.3 Å². The number of nitrogens with one attached hydrogen (secondary N) is 1. The maximum Gasteiger partial charge on any atom is 0.263 e. The van der Waals surface area contributed by atoms with Crippen LogP contribution in [0.15, 0.2) is 78.0 Å². The van der Waals surface area contributed by atoms with Gasteiger partial charge in [0.25, 0.3) is 10.0 Å². The average molecular weight is 364 g/mol. The summed E-state index contributed by atoms with van der Waals surface area (Å²) in [5.41, 5.74) is 2.33. The van der Waals surface area contributed by atoms with Gasteiger partial charge in [-0.1, -0.05) is 48.0 Å². The number of hydrogen-bond donors (Lipinski definition) is 1. The number of nitrogens with zero attached hydrogens (tertiary/aromatic N) is 3. The molecule has 4 rings (SSSR count). The lowest BCUT2D eigenvalue weighted by Crippen LogP contribution is -2.15. The molecule has 1 N–H and O–H groups in total. The van der Waals surface area contributed by atoms with E-state index in [-0.39, 0.29) is 4.90 Å². The van der Waals surface area contributed by atoms with Crippen LogP contribution < -0.4 is 4.72 Å². The highest BCUT2D eigenvalue weighted by atomic mass is 32.2. The smallest absolute Gasteiger partial charge is 0.263 e. The molecule has 0 spiro atoms. The summed E-state index contributed by atoms with van der Waals surface area (Å²) in [5, 5.41) is 0. The lowest BCUT2D eigenvalue weighted by atomic mass is 10.1. The zero-order chi connectivity index (χ0) is 18.1. The number of fused-ring (bicyclic) bond motifs is 1. The van der Waals surface area contributed by atoms with Crippen LogP contribution in [-0.4, -0.2) is 22.8 Å². The summed E-state index contributed by atoms with van der Waals surface area (Å²) in [7, 11) is -3.76. The average Bonchev–Trinajstić information content (AvgIpc) is 3.01. The second-order valence-corrected chi connectivity index (χ2v) is 7.57. The van der Waals surface area contributed by atoms with Gasteiger partial charge in [-0.3, -0.25) is 9.12 Å². The molecule has 7 heteroatoms. The van der Waals surface area contributed by atoms with Crippen molar-refractivity contribution in [3.05, 3.63) is 78.6 Å². The van der Waals surface area contributed by atoms with E-state index in [1.54, 1.807) is 47.1 Å². The minimum absolute atomic E-state index is 0.195. The van der Waals surface area contributed by atoms with E-state index in [1.165, 1.54) is 0 Å². The molecule has 0 unspecified atom stereocenters. The van der Waals surface area contributed by atoms with Crippen LogP contribution in [0.2, 0.25) is 0 Å². The van der Waals surface area contributed by atoms with Crippen LogP contribution in [0.25, 0.3) is 17.0 Å². The molecule has 0 saturated heterocycles. The van der Waals surface area contributed by atoms with Gasteiger partial charge in [0.05, 0.1) is 4.90 Å². The molecule has 4 aromatic rings. The minimum atomic E-state index is -3.76. The number of sulfonamides is 1. The van der Waals surface area contributed by atoms with Crippen LogP contribution in [-0.2, 0) is 10.0 Å². The number of anilines is 1. The van der Waals surface area contributed by atoms with Crippen LogP contribution in [0.3, 0.4) is 0 Å². The van der Waals surface area contributed by atoms with Gasteiger partial charge in [0.1, 0.15) is 5.69 Å². The molecule has 0 aliphatic carbocycles. The van der Waals surface area contributed by atoms with E-state index in [9.17, 15) is 8.42 Å². The molecule has 0 aliphatic rings.